The Bertz CT molecular complexity index is 791. The third-order valence-corrected chi connectivity index (χ3v) is 3.84. The Labute approximate surface area is 133 Å². The van der Waals surface area contributed by atoms with E-state index in [1.807, 2.05) is 18.3 Å². The summed E-state index contributed by atoms with van der Waals surface area (Å²) in [4.78, 5) is 18.6. The van der Waals surface area contributed by atoms with E-state index in [-0.39, 0.29) is 12.3 Å². The number of hydrogen-bond donors (Lipinski definition) is 3. The normalized spacial score (nSPS) is 11.0. The number of oxazole rings is 1. The van der Waals surface area contributed by atoms with E-state index in [0.29, 0.717) is 18.7 Å². The van der Waals surface area contributed by atoms with Gasteiger partial charge in [-0.05, 0) is 30.9 Å². The molecule has 3 rings (SSSR count). The van der Waals surface area contributed by atoms with Crippen molar-refractivity contribution in [2.45, 2.75) is 32.1 Å². The number of nitrogens with zero attached hydrogens (tertiary/aromatic N) is 1. The van der Waals surface area contributed by atoms with Crippen molar-refractivity contribution in [2.24, 2.45) is 0 Å². The zero-order valence-electron chi connectivity index (χ0n) is 12.7. The number of rotatable bonds is 7. The zero-order chi connectivity index (χ0) is 16.1. The predicted molar refractivity (Wildman–Crippen MR) is 85.1 cm³/mol. The first-order valence-corrected chi connectivity index (χ1v) is 7.67. The lowest BCUT2D eigenvalue weighted by molar-refractivity contribution is -0.129. The van der Waals surface area contributed by atoms with Gasteiger partial charge in [0.15, 0.2) is 5.89 Å². The molecule has 2 aromatic heterocycles. The highest BCUT2D eigenvalue weighted by Crippen LogP contribution is 2.19. The van der Waals surface area contributed by atoms with Crippen LogP contribution in [0.4, 0.5) is 0 Å². The van der Waals surface area contributed by atoms with Crippen molar-refractivity contribution < 1.29 is 14.4 Å². The fourth-order valence-electron chi connectivity index (χ4n) is 2.64. The molecule has 0 aliphatic heterocycles. The molecule has 0 fully saturated rings. The van der Waals surface area contributed by atoms with Gasteiger partial charge in [-0.1, -0.05) is 18.2 Å². The average Bonchev–Trinajstić information content (AvgIpc) is 3.19. The quantitative estimate of drug-likeness (QED) is 0.462. The molecule has 0 radical (unpaired) electrons. The van der Waals surface area contributed by atoms with Crippen LogP contribution in [0.25, 0.3) is 10.9 Å². The summed E-state index contributed by atoms with van der Waals surface area (Å²) >= 11 is 0. The van der Waals surface area contributed by atoms with Gasteiger partial charge in [0.2, 0.25) is 5.91 Å². The van der Waals surface area contributed by atoms with Gasteiger partial charge in [-0.25, -0.2) is 10.5 Å². The first kappa shape index (κ1) is 15.3. The molecule has 0 aliphatic rings. The summed E-state index contributed by atoms with van der Waals surface area (Å²) in [6.45, 7) is 0. The summed E-state index contributed by atoms with van der Waals surface area (Å²) in [5.41, 5.74) is 4.85. The molecule has 0 saturated carbocycles. The lowest BCUT2D eigenvalue weighted by Crippen LogP contribution is -2.18. The number of aromatic nitrogens is 2. The van der Waals surface area contributed by atoms with Crippen LogP contribution in [-0.4, -0.2) is 21.1 Å². The molecular weight excluding hydrogens is 294 g/mol. The SMILES string of the molecule is O=C(CCCc1coc(CCc2c[nH]c3ccccc23)n1)NO. The number of para-hydroxylation sites is 1. The molecule has 6 nitrogen and oxygen atoms in total. The van der Waals surface area contributed by atoms with E-state index in [0.717, 1.165) is 24.1 Å². The molecule has 3 aromatic rings. The molecule has 0 atom stereocenters. The molecule has 0 unspecified atom stereocenters. The molecule has 2 heterocycles. The molecule has 1 amide bonds. The van der Waals surface area contributed by atoms with Gasteiger partial charge in [0, 0.05) is 29.9 Å². The smallest absolute Gasteiger partial charge is 0.243 e. The zero-order valence-corrected chi connectivity index (χ0v) is 12.7. The maximum Gasteiger partial charge on any atom is 0.243 e. The molecule has 1 aromatic carbocycles. The van der Waals surface area contributed by atoms with Gasteiger partial charge in [0.1, 0.15) is 6.26 Å². The van der Waals surface area contributed by atoms with Crippen LogP contribution in [-0.2, 0) is 24.1 Å². The van der Waals surface area contributed by atoms with Crippen molar-refractivity contribution in [3.63, 3.8) is 0 Å². The van der Waals surface area contributed by atoms with Crippen molar-refractivity contribution in [3.05, 3.63) is 53.9 Å². The Balaban J connectivity index is 1.54. The lowest BCUT2D eigenvalue weighted by Gasteiger charge is -1.97. The van der Waals surface area contributed by atoms with E-state index >= 15 is 0 Å². The molecule has 0 bridgehead atoms. The summed E-state index contributed by atoms with van der Waals surface area (Å²) in [6.07, 6.45) is 6.82. The summed E-state index contributed by atoms with van der Waals surface area (Å²) in [5.74, 6) is 0.324. The van der Waals surface area contributed by atoms with E-state index in [9.17, 15) is 4.79 Å². The van der Waals surface area contributed by atoms with E-state index < -0.39 is 0 Å². The van der Waals surface area contributed by atoms with Crippen LogP contribution in [0.5, 0.6) is 0 Å². The largest absolute Gasteiger partial charge is 0.449 e. The Morgan fingerprint density at radius 1 is 1.26 bits per heavy atom. The maximum atomic E-state index is 10.9. The summed E-state index contributed by atoms with van der Waals surface area (Å²) in [5, 5.41) is 9.67. The number of hydrogen-bond acceptors (Lipinski definition) is 4. The fourth-order valence-corrected chi connectivity index (χ4v) is 2.64. The Morgan fingerprint density at radius 3 is 3.00 bits per heavy atom. The van der Waals surface area contributed by atoms with Crippen LogP contribution in [0, 0.1) is 0 Å². The Morgan fingerprint density at radius 2 is 2.13 bits per heavy atom. The minimum Gasteiger partial charge on any atom is -0.449 e. The van der Waals surface area contributed by atoms with Gasteiger partial charge in [-0.15, -0.1) is 0 Å². The number of benzene rings is 1. The van der Waals surface area contributed by atoms with E-state index in [1.54, 1.807) is 11.7 Å². The number of aryl methyl sites for hydroxylation is 3. The number of amides is 1. The maximum absolute atomic E-state index is 10.9. The second-order valence-electron chi connectivity index (χ2n) is 5.48. The van der Waals surface area contributed by atoms with Crippen LogP contribution in [0.2, 0.25) is 0 Å². The van der Waals surface area contributed by atoms with Crippen LogP contribution >= 0.6 is 0 Å². The van der Waals surface area contributed by atoms with Gasteiger partial charge in [-0.2, -0.15) is 0 Å². The van der Waals surface area contributed by atoms with Crippen molar-refractivity contribution in [2.75, 3.05) is 0 Å². The van der Waals surface area contributed by atoms with E-state index in [2.05, 4.69) is 22.1 Å². The summed E-state index contributed by atoms with van der Waals surface area (Å²) in [6, 6.07) is 8.21. The van der Waals surface area contributed by atoms with E-state index in [1.165, 1.54) is 10.9 Å². The highest BCUT2D eigenvalue weighted by atomic mass is 16.5. The van der Waals surface area contributed by atoms with E-state index in [4.69, 9.17) is 9.62 Å². The molecule has 120 valence electrons. The highest BCUT2D eigenvalue weighted by Gasteiger charge is 2.08. The second-order valence-corrected chi connectivity index (χ2v) is 5.48. The minimum atomic E-state index is -0.381. The van der Waals surface area contributed by atoms with Gasteiger partial charge in [0.25, 0.3) is 0 Å². The average molecular weight is 313 g/mol. The molecule has 23 heavy (non-hydrogen) atoms. The third-order valence-electron chi connectivity index (χ3n) is 3.84. The number of carbonyl (C=O) groups excluding carboxylic acids is 1. The molecule has 3 N–H and O–H groups in total. The Kier molecular flexibility index (Phi) is 4.73. The number of carbonyl (C=O) groups is 1. The van der Waals surface area contributed by atoms with Gasteiger partial charge < -0.3 is 9.40 Å². The molecule has 0 aliphatic carbocycles. The fraction of sp³-hybridized carbons (Fsp3) is 0.294. The standard InChI is InChI=1S/C17H19N3O3/c21-16(20-22)7-3-4-13-11-23-17(19-13)9-8-12-10-18-15-6-2-1-5-14(12)15/h1-2,5-6,10-11,18,22H,3-4,7-9H2,(H,20,21). The number of fused-ring (bicyclic) bond motifs is 1. The van der Waals surface area contributed by atoms with Crippen LogP contribution in [0.3, 0.4) is 0 Å². The van der Waals surface area contributed by atoms with Crippen LogP contribution < -0.4 is 5.48 Å². The summed E-state index contributed by atoms with van der Waals surface area (Å²) in [7, 11) is 0. The lowest BCUT2D eigenvalue weighted by atomic mass is 10.1. The third kappa shape index (κ3) is 3.78. The second kappa shape index (κ2) is 7.11. The molecule has 6 heteroatoms. The molecule has 0 saturated heterocycles. The van der Waals surface area contributed by atoms with Crippen molar-refractivity contribution in [1.82, 2.24) is 15.4 Å². The summed E-state index contributed by atoms with van der Waals surface area (Å²) < 4.78 is 5.49. The van der Waals surface area contributed by atoms with Gasteiger partial charge >= 0.3 is 0 Å². The van der Waals surface area contributed by atoms with Crippen LogP contribution in [0.15, 0.2) is 41.1 Å². The topological polar surface area (TPSA) is 91.2 Å². The van der Waals surface area contributed by atoms with Crippen molar-refractivity contribution in [1.29, 1.82) is 0 Å². The Hall–Kier alpha value is -2.60. The monoisotopic (exact) mass is 313 g/mol. The predicted octanol–water partition coefficient (Wildman–Crippen LogP) is 2.77. The van der Waals surface area contributed by atoms with Crippen molar-refractivity contribution >= 4 is 16.8 Å². The molecule has 0 spiro atoms. The number of hydroxylamine groups is 1. The first-order chi connectivity index (χ1) is 11.3. The number of aromatic amines is 1. The van der Waals surface area contributed by atoms with Crippen molar-refractivity contribution in [3.8, 4) is 0 Å². The molecular formula is C17H19N3O3. The minimum absolute atomic E-state index is 0.272. The van der Waals surface area contributed by atoms with Gasteiger partial charge in [-0.3, -0.25) is 10.0 Å². The highest BCUT2D eigenvalue weighted by molar-refractivity contribution is 5.83. The van der Waals surface area contributed by atoms with Gasteiger partial charge in [0.05, 0.1) is 5.69 Å². The number of nitrogens with one attached hydrogen (secondary N) is 2. The number of H-pyrrole nitrogens is 1. The first-order valence-electron chi connectivity index (χ1n) is 7.67. The van der Waals surface area contributed by atoms with Crippen LogP contribution in [0.1, 0.15) is 30.0 Å².